The van der Waals surface area contributed by atoms with Gasteiger partial charge < -0.3 is 10.2 Å². The van der Waals surface area contributed by atoms with Gasteiger partial charge >= 0.3 is 0 Å². The highest BCUT2D eigenvalue weighted by molar-refractivity contribution is 5.98. The van der Waals surface area contributed by atoms with Crippen LogP contribution in [0.5, 0.6) is 0 Å². The molecule has 33 heavy (non-hydrogen) atoms. The second-order valence-electron chi connectivity index (χ2n) is 8.39. The third-order valence-corrected chi connectivity index (χ3v) is 5.80. The molecule has 1 saturated heterocycles. The molecule has 7 heteroatoms. The van der Waals surface area contributed by atoms with Crippen LogP contribution in [-0.2, 0) is 16.1 Å². The van der Waals surface area contributed by atoms with Gasteiger partial charge in [0.1, 0.15) is 5.82 Å². The van der Waals surface area contributed by atoms with E-state index in [2.05, 4.69) is 15.2 Å². The zero-order chi connectivity index (χ0) is 23.4. The van der Waals surface area contributed by atoms with Crippen LogP contribution in [-0.4, -0.2) is 52.3 Å². The van der Waals surface area contributed by atoms with Crippen molar-refractivity contribution in [3.63, 3.8) is 0 Å². The van der Waals surface area contributed by atoms with E-state index in [0.29, 0.717) is 12.2 Å². The summed E-state index contributed by atoms with van der Waals surface area (Å²) in [6.07, 6.45) is 5.02. The highest BCUT2D eigenvalue weighted by Crippen LogP contribution is 2.24. The summed E-state index contributed by atoms with van der Waals surface area (Å²) in [6.45, 7) is 6.33. The number of piperazine rings is 1. The normalized spacial score (nSPS) is 16.9. The minimum Gasteiger partial charge on any atom is -0.334 e. The van der Waals surface area contributed by atoms with Crippen molar-refractivity contribution in [2.24, 2.45) is 0 Å². The number of nitrogens with zero attached hydrogens (tertiary/aromatic N) is 3. The van der Waals surface area contributed by atoms with Crippen molar-refractivity contribution in [2.45, 2.75) is 26.4 Å². The van der Waals surface area contributed by atoms with Gasteiger partial charge in [-0.05, 0) is 54.5 Å². The maximum absolute atomic E-state index is 13.1. The largest absolute Gasteiger partial charge is 0.334 e. The summed E-state index contributed by atoms with van der Waals surface area (Å²) < 4.78 is 13.1. The molecule has 2 heterocycles. The van der Waals surface area contributed by atoms with E-state index in [1.54, 1.807) is 30.5 Å². The molecule has 1 aliphatic rings. The molecule has 0 aliphatic carbocycles. The molecule has 6 nitrogen and oxygen atoms in total. The van der Waals surface area contributed by atoms with Gasteiger partial charge in [-0.1, -0.05) is 18.2 Å². The van der Waals surface area contributed by atoms with Crippen LogP contribution >= 0.6 is 0 Å². The van der Waals surface area contributed by atoms with Crippen LogP contribution in [0.25, 0.3) is 17.0 Å². The number of fused-ring (bicyclic) bond motifs is 1. The highest BCUT2D eigenvalue weighted by Gasteiger charge is 2.26. The van der Waals surface area contributed by atoms with Crippen LogP contribution in [0, 0.1) is 5.82 Å². The summed E-state index contributed by atoms with van der Waals surface area (Å²) in [7, 11) is 0. The van der Waals surface area contributed by atoms with Crippen LogP contribution in [0.4, 0.5) is 10.1 Å². The number of benzene rings is 2. The first-order valence-electron chi connectivity index (χ1n) is 11.0. The summed E-state index contributed by atoms with van der Waals surface area (Å²) in [5, 5.41) is 3.76. The predicted octanol–water partition coefficient (Wildman–Crippen LogP) is 4.08. The Labute approximate surface area is 192 Å². The third kappa shape index (κ3) is 5.62. The number of hydrogen-bond donors (Lipinski definition) is 1. The number of aromatic nitrogens is 1. The van der Waals surface area contributed by atoms with Crippen LogP contribution in [0.3, 0.4) is 0 Å². The van der Waals surface area contributed by atoms with Gasteiger partial charge in [-0.15, -0.1) is 0 Å². The Hall–Kier alpha value is -3.58. The van der Waals surface area contributed by atoms with Gasteiger partial charge in [0.15, 0.2) is 0 Å². The Kier molecular flexibility index (Phi) is 6.79. The zero-order valence-corrected chi connectivity index (χ0v) is 18.8. The van der Waals surface area contributed by atoms with Crippen LogP contribution in [0.1, 0.15) is 25.0 Å². The van der Waals surface area contributed by atoms with Crippen molar-refractivity contribution in [3.05, 3.63) is 77.7 Å². The van der Waals surface area contributed by atoms with Crippen molar-refractivity contribution < 1.29 is 14.0 Å². The van der Waals surface area contributed by atoms with E-state index < -0.39 is 0 Å². The Morgan fingerprint density at radius 3 is 2.70 bits per heavy atom. The maximum atomic E-state index is 13.1. The van der Waals surface area contributed by atoms with Gasteiger partial charge in [-0.25, -0.2) is 4.39 Å². The molecule has 3 aromatic rings. The number of hydrogen-bond acceptors (Lipinski definition) is 4. The number of halogens is 1. The number of nitrogens with one attached hydrogen (secondary N) is 1. The first-order valence-corrected chi connectivity index (χ1v) is 11.0. The van der Waals surface area contributed by atoms with E-state index in [1.165, 1.54) is 19.1 Å². The lowest BCUT2D eigenvalue weighted by Gasteiger charge is -2.39. The fourth-order valence-corrected chi connectivity index (χ4v) is 4.18. The van der Waals surface area contributed by atoms with Gasteiger partial charge in [0.2, 0.25) is 11.8 Å². The van der Waals surface area contributed by atoms with E-state index in [-0.39, 0.29) is 23.7 Å². The van der Waals surface area contributed by atoms with Crippen LogP contribution < -0.4 is 5.32 Å². The van der Waals surface area contributed by atoms with Crippen molar-refractivity contribution in [1.82, 2.24) is 14.8 Å². The minimum absolute atomic E-state index is 0.0481. The van der Waals surface area contributed by atoms with Gasteiger partial charge in [-0.3, -0.25) is 19.5 Å². The molecule has 1 aromatic heterocycles. The topological polar surface area (TPSA) is 65.5 Å². The molecule has 1 fully saturated rings. The lowest BCUT2D eigenvalue weighted by Crippen LogP contribution is -2.53. The average molecular weight is 447 g/mol. The molecule has 1 atom stereocenters. The van der Waals surface area contributed by atoms with E-state index in [0.717, 1.165) is 41.7 Å². The Morgan fingerprint density at radius 1 is 1.18 bits per heavy atom. The third-order valence-electron chi connectivity index (χ3n) is 5.80. The van der Waals surface area contributed by atoms with Crippen molar-refractivity contribution in [1.29, 1.82) is 0 Å². The average Bonchev–Trinajstić information content (AvgIpc) is 2.78. The fraction of sp³-hybridized carbons (Fsp3) is 0.269. The van der Waals surface area contributed by atoms with E-state index in [4.69, 9.17) is 0 Å². The summed E-state index contributed by atoms with van der Waals surface area (Å²) in [6, 6.07) is 14.1. The SMILES string of the molecule is CC(=O)Nc1cc2ncccc2cc1C=CC(=O)N1CCN(Cc2ccc(F)cc2)C[C@H]1C. The highest BCUT2D eigenvalue weighted by atomic mass is 19.1. The van der Waals surface area contributed by atoms with Crippen LogP contribution in [0.15, 0.2) is 60.8 Å². The zero-order valence-electron chi connectivity index (χ0n) is 18.8. The number of carbonyl (C=O) groups is 2. The molecular formula is C26H27FN4O2. The molecule has 0 radical (unpaired) electrons. The molecule has 170 valence electrons. The molecule has 0 unspecified atom stereocenters. The summed E-state index contributed by atoms with van der Waals surface area (Å²) in [4.78, 5) is 33.1. The molecule has 1 N–H and O–H groups in total. The molecule has 2 aromatic carbocycles. The molecular weight excluding hydrogens is 419 g/mol. The molecule has 2 amide bonds. The molecule has 1 aliphatic heterocycles. The number of amides is 2. The number of carbonyl (C=O) groups excluding carboxylic acids is 2. The van der Waals surface area contributed by atoms with Gasteiger partial charge in [0.25, 0.3) is 0 Å². The van der Waals surface area contributed by atoms with Gasteiger partial charge in [0.05, 0.1) is 11.2 Å². The van der Waals surface area contributed by atoms with Crippen LogP contribution in [0.2, 0.25) is 0 Å². The molecule has 0 spiro atoms. The molecule has 4 rings (SSSR count). The number of pyridine rings is 1. The summed E-state index contributed by atoms with van der Waals surface area (Å²) >= 11 is 0. The van der Waals surface area contributed by atoms with Gasteiger partial charge in [-0.2, -0.15) is 0 Å². The first-order chi connectivity index (χ1) is 15.9. The second kappa shape index (κ2) is 9.92. The molecule has 0 saturated carbocycles. The predicted molar refractivity (Wildman–Crippen MR) is 128 cm³/mol. The van der Waals surface area contributed by atoms with E-state index in [1.807, 2.05) is 36.1 Å². The molecule has 0 bridgehead atoms. The Balaban J connectivity index is 1.44. The Morgan fingerprint density at radius 2 is 1.97 bits per heavy atom. The van der Waals surface area contributed by atoms with Gasteiger partial charge in [0, 0.05) is 56.8 Å². The quantitative estimate of drug-likeness (QED) is 0.600. The second-order valence-corrected chi connectivity index (χ2v) is 8.39. The first kappa shape index (κ1) is 22.6. The smallest absolute Gasteiger partial charge is 0.246 e. The van der Waals surface area contributed by atoms with Crippen molar-refractivity contribution in [3.8, 4) is 0 Å². The standard InChI is InChI=1S/C26H27FN4O2/c1-18-16-30(17-20-5-8-23(27)9-6-20)12-13-31(18)26(33)10-7-22-14-21-4-3-11-28-24(21)15-25(22)29-19(2)32/h3-11,14-15,18H,12-13,16-17H2,1-2H3,(H,29,32)/t18-/m1/s1. The maximum Gasteiger partial charge on any atom is 0.246 e. The van der Waals surface area contributed by atoms with E-state index in [9.17, 15) is 14.0 Å². The Bertz CT molecular complexity index is 1190. The van der Waals surface area contributed by atoms with E-state index >= 15 is 0 Å². The lowest BCUT2D eigenvalue weighted by molar-refractivity contribution is -0.130. The van der Waals surface area contributed by atoms with Crippen molar-refractivity contribution in [2.75, 3.05) is 25.0 Å². The summed E-state index contributed by atoms with van der Waals surface area (Å²) in [5.41, 5.74) is 3.20. The lowest BCUT2D eigenvalue weighted by atomic mass is 10.1. The monoisotopic (exact) mass is 446 g/mol. The minimum atomic E-state index is -0.237. The summed E-state index contributed by atoms with van der Waals surface area (Å²) in [5.74, 6) is -0.486. The number of rotatable bonds is 5. The van der Waals surface area contributed by atoms with Crippen molar-refractivity contribution >= 4 is 34.5 Å². The number of anilines is 1. The fourth-order valence-electron chi connectivity index (χ4n) is 4.18.